The van der Waals surface area contributed by atoms with E-state index in [1.807, 2.05) is 41.9 Å². The van der Waals surface area contributed by atoms with Crippen LogP contribution in [0.4, 0.5) is 0 Å². The maximum absolute atomic E-state index is 12.5. The molecule has 1 atom stereocenters. The molecule has 0 saturated carbocycles. The zero-order valence-electron chi connectivity index (χ0n) is 14.5. The van der Waals surface area contributed by atoms with Gasteiger partial charge in [-0.3, -0.25) is 4.79 Å². The van der Waals surface area contributed by atoms with Gasteiger partial charge in [-0.05, 0) is 45.0 Å². The molecular weight excluding hydrogens is 354 g/mol. The molecule has 3 aromatic rings. The highest BCUT2D eigenvalue weighted by Crippen LogP contribution is 2.24. The van der Waals surface area contributed by atoms with Crippen molar-refractivity contribution in [3.05, 3.63) is 48.0 Å². The fraction of sp³-hybridized carbons (Fsp3) is 0.389. The highest BCUT2D eigenvalue weighted by atomic mass is 35.5. The number of furan rings is 1. The van der Waals surface area contributed by atoms with Gasteiger partial charge in [0.1, 0.15) is 11.3 Å². The van der Waals surface area contributed by atoms with Crippen molar-refractivity contribution < 1.29 is 9.21 Å². The van der Waals surface area contributed by atoms with E-state index in [1.54, 1.807) is 6.20 Å². The van der Waals surface area contributed by atoms with E-state index in [9.17, 15) is 4.79 Å². The molecule has 3 heterocycles. The number of para-hydroxylation sites is 1. The summed E-state index contributed by atoms with van der Waals surface area (Å²) in [6.07, 6.45) is 3.73. The predicted octanol–water partition coefficient (Wildman–Crippen LogP) is 2.86. The van der Waals surface area contributed by atoms with Gasteiger partial charge in [-0.15, -0.1) is 17.5 Å². The largest absolute Gasteiger partial charge is 0.459 e. The summed E-state index contributed by atoms with van der Waals surface area (Å²) >= 11 is 0. The first-order chi connectivity index (χ1) is 12.2. The minimum Gasteiger partial charge on any atom is -0.459 e. The minimum absolute atomic E-state index is 0. The van der Waals surface area contributed by atoms with E-state index in [2.05, 4.69) is 20.9 Å². The Balaban J connectivity index is 0.00000196. The van der Waals surface area contributed by atoms with Crippen LogP contribution in [0.5, 0.6) is 0 Å². The summed E-state index contributed by atoms with van der Waals surface area (Å²) in [5.41, 5.74) is 1.15. The van der Waals surface area contributed by atoms with Crippen molar-refractivity contribution in [1.29, 1.82) is 0 Å². The molecular formula is C18H22ClN5O2. The van der Waals surface area contributed by atoms with Crippen molar-refractivity contribution in [3.63, 3.8) is 0 Å². The number of carbonyl (C=O) groups excluding carboxylic acids is 1. The molecule has 0 aliphatic carbocycles. The molecule has 0 spiro atoms. The molecule has 1 unspecified atom stereocenters. The lowest BCUT2D eigenvalue weighted by Gasteiger charge is -2.22. The molecule has 4 rings (SSSR count). The fourth-order valence-electron chi connectivity index (χ4n) is 3.19. The van der Waals surface area contributed by atoms with Crippen LogP contribution in [0.3, 0.4) is 0 Å². The first-order valence-corrected chi connectivity index (χ1v) is 8.62. The molecule has 1 fully saturated rings. The maximum atomic E-state index is 12.5. The van der Waals surface area contributed by atoms with Crippen LogP contribution in [0.25, 0.3) is 11.0 Å². The number of fused-ring (bicyclic) bond motifs is 1. The molecule has 0 bridgehead atoms. The Morgan fingerprint density at radius 1 is 1.35 bits per heavy atom. The Kier molecular flexibility index (Phi) is 5.58. The molecule has 1 aliphatic rings. The van der Waals surface area contributed by atoms with E-state index in [0.29, 0.717) is 11.7 Å². The van der Waals surface area contributed by atoms with Gasteiger partial charge < -0.3 is 15.1 Å². The van der Waals surface area contributed by atoms with Crippen molar-refractivity contribution in [1.82, 2.24) is 25.6 Å². The second kappa shape index (κ2) is 7.88. The summed E-state index contributed by atoms with van der Waals surface area (Å²) in [5.74, 6) is 0.480. The molecule has 7 nitrogen and oxygen atoms in total. The van der Waals surface area contributed by atoms with E-state index in [1.165, 1.54) is 0 Å². The van der Waals surface area contributed by atoms with Crippen LogP contribution < -0.4 is 10.6 Å². The third-order valence-corrected chi connectivity index (χ3v) is 4.64. The van der Waals surface area contributed by atoms with Crippen molar-refractivity contribution >= 4 is 29.3 Å². The summed E-state index contributed by atoms with van der Waals surface area (Å²) in [6.45, 7) is 3.83. The molecule has 1 aromatic carbocycles. The Bertz CT molecular complexity index is 851. The van der Waals surface area contributed by atoms with Gasteiger partial charge in [-0.1, -0.05) is 23.4 Å². The smallest absolute Gasteiger partial charge is 0.274 e. The fourth-order valence-corrected chi connectivity index (χ4v) is 3.19. The van der Waals surface area contributed by atoms with Crippen LogP contribution in [-0.2, 0) is 0 Å². The van der Waals surface area contributed by atoms with Crippen molar-refractivity contribution in [2.24, 2.45) is 0 Å². The molecule has 1 aliphatic heterocycles. The molecule has 1 saturated heterocycles. The lowest BCUT2D eigenvalue weighted by atomic mass is 10.1. The SMILES string of the molecule is CC(NC(=O)c1cn(C2CCNCC2)nn1)c1cc2ccccc2o1.Cl. The summed E-state index contributed by atoms with van der Waals surface area (Å²) in [4.78, 5) is 12.5. The van der Waals surface area contributed by atoms with Crippen molar-refractivity contribution in [2.45, 2.75) is 31.8 Å². The van der Waals surface area contributed by atoms with E-state index in [0.717, 1.165) is 42.7 Å². The summed E-state index contributed by atoms with van der Waals surface area (Å²) in [7, 11) is 0. The van der Waals surface area contributed by atoms with Gasteiger partial charge in [0, 0.05) is 5.39 Å². The van der Waals surface area contributed by atoms with E-state index >= 15 is 0 Å². The summed E-state index contributed by atoms with van der Waals surface area (Å²) < 4.78 is 7.61. The van der Waals surface area contributed by atoms with Crippen LogP contribution in [0, 0.1) is 0 Å². The number of carbonyl (C=O) groups is 1. The normalized spacial score (nSPS) is 16.2. The Labute approximate surface area is 157 Å². The number of rotatable bonds is 4. The van der Waals surface area contributed by atoms with Gasteiger partial charge in [0.2, 0.25) is 0 Å². The van der Waals surface area contributed by atoms with Crippen LogP contribution in [0.2, 0.25) is 0 Å². The molecule has 1 amide bonds. The zero-order chi connectivity index (χ0) is 17.2. The molecule has 2 N–H and O–H groups in total. The second-order valence-electron chi connectivity index (χ2n) is 6.45. The number of benzene rings is 1. The van der Waals surface area contributed by atoms with Crippen LogP contribution in [-0.4, -0.2) is 34.0 Å². The number of amides is 1. The van der Waals surface area contributed by atoms with Gasteiger partial charge in [-0.2, -0.15) is 0 Å². The quantitative estimate of drug-likeness (QED) is 0.732. The summed E-state index contributed by atoms with van der Waals surface area (Å²) in [6, 6.07) is 9.81. The molecule has 138 valence electrons. The number of halogens is 1. The van der Waals surface area contributed by atoms with Gasteiger partial charge in [0.05, 0.1) is 18.3 Å². The first-order valence-electron chi connectivity index (χ1n) is 8.62. The number of hydrogen-bond acceptors (Lipinski definition) is 5. The monoisotopic (exact) mass is 375 g/mol. The van der Waals surface area contributed by atoms with E-state index in [-0.39, 0.29) is 24.4 Å². The Morgan fingerprint density at radius 2 is 2.12 bits per heavy atom. The third-order valence-electron chi connectivity index (χ3n) is 4.64. The number of nitrogens with zero attached hydrogens (tertiary/aromatic N) is 3. The van der Waals surface area contributed by atoms with Gasteiger partial charge >= 0.3 is 0 Å². The lowest BCUT2D eigenvalue weighted by molar-refractivity contribution is 0.0930. The standard InChI is InChI=1S/C18H21N5O2.ClH/c1-12(17-10-13-4-2-3-5-16(13)25-17)20-18(24)15-11-23(22-21-15)14-6-8-19-9-7-14;/h2-5,10-12,14,19H,6-9H2,1H3,(H,20,24);1H. The average Bonchev–Trinajstić information content (AvgIpc) is 3.29. The first kappa shape index (κ1) is 18.4. The van der Waals surface area contributed by atoms with E-state index in [4.69, 9.17) is 4.42 Å². The van der Waals surface area contributed by atoms with Gasteiger partial charge in [0.25, 0.3) is 5.91 Å². The van der Waals surface area contributed by atoms with Gasteiger partial charge in [-0.25, -0.2) is 4.68 Å². The average molecular weight is 376 g/mol. The molecule has 26 heavy (non-hydrogen) atoms. The second-order valence-corrected chi connectivity index (χ2v) is 6.45. The summed E-state index contributed by atoms with van der Waals surface area (Å²) in [5, 5.41) is 15.4. The predicted molar refractivity (Wildman–Crippen MR) is 101 cm³/mol. The topological polar surface area (TPSA) is 85.0 Å². The van der Waals surface area contributed by atoms with Crippen LogP contribution in [0.1, 0.15) is 48.1 Å². The van der Waals surface area contributed by atoms with Crippen LogP contribution in [0.15, 0.2) is 40.9 Å². The van der Waals surface area contributed by atoms with Crippen molar-refractivity contribution in [2.75, 3.05) is 13.1 Å². The molecule has 0 radical (unpaired) electrons. The number of aromatic nitrogens is 3. The number of hydrogen-bond donors (Lipinski definition) is 2. The van der Waals surface area contributed by atoms with Crippen LogP contribution >= 0.6 is 12.4 Å². The Hall–Kier alpha value is -2.38. The maximum Gasteiger partial charge on any atom is 0.274 e. The number of piperidine rings is 1. The highest BCUT2D eigenvalue weighted by Gasteiger charge is 2.21. The lowest BCUT2D eigenvalue weighted by Crippen LogP contribution is -2.29. The third kappa shape index (κ3) is 3.73. The number of nitrogens with one attached hydrogen (secondary N) is 2. The molecule has 8 heteroatoms. The van der Waals surface area contributed by atoms with Gasteiger partial charge in [0.15, 0.2) is 5.69 Å². The van der Waals surface area contributed by atoms with E-state index < -0.39 is 0 Å². The van der Waals surface area contributed by atoms with Crippen molar-refractivity contribution in [3.8, 4) is 0 Å². The minimum atomic E-state index is -0.246. The zero-order valence-corrected chi connectivity index (χ0v) is 15.3. The Morgan fingerprint density at radius 3 is 2.88 bits per heavy atom. The highest BCUT2D eigenvalue weighted by molar-refractivity contribution is 5.92. The molecule has 2 aromatic heterocycles.